The van der Waals surface area contributed by atoms with Crippen LogP contribution in [0.4, 0.5) is 5.69 Å². The molecule has 0 aromatic heterocycles. The molecule has 1 aliphatic carbocycles. The molecule has 3 atom stereocenters. The Morgan fingerprint density at radius 1 is 1.05 bits per heavy atom. The minimum atomic E-state index is -3.68. The lowest BCUT2D eigenvalue weighted by Crippen LogP contribution is -2.50. The maximum absolute atomic E-state index is 13.6. The fourth-order valence-electron chi connectivity index (χ4n) is 4.63. The van der Waals surface area contributed by atoms with E-state index in [-0.39, 0.29) is 28.8 Å². The van der Waals surface area contributed by atoms with Gasteiger partial charge in [0.1, 0.15) is 0 Å². The molecule has 240 valence electrons. The van der Waals surface area contributed by atoms with Gasteiger partial charge in [0.25, 0.3) is 11.8 Å². The first-order chi connectivity index (χ1) is 20.8. The van der Waals surface area contributed by atoms with Gasteiger partial charge in [-0.25, -0.2) is 8.42 Å². The van der Waals surface area contributed by atoms with E-state index in [2.05, 4.69) is 33.9 Å². The van der Waals surface area contributed by atoms with Crippen molar-refractivity contribution in [2.45, 2.75) is 64.6 Å². The molecule has 0 radical (unpaired) electrons. The predicted molar refractivity (Wildman–Crippen MR) is 178 cm³/mol. The second-order valence-corrected chi connectivity index (χ2v) is 13.8. The molecule has 0 bridgehead atoms. The van der Waals surface area contributed by atoms with Crippen molar-refractivity contribution in [2.24, 2.45) is 5.92 Å². The van der Waals surface area contributed by atoms with Crippen molar-refractivity contribution in [2.75, 3.05) is 30.7 Å². The highest BCUT2D eigenvalue weighted by atomic mass is 32.2. The molecule has 0 aliphatic heterocycles. The molecule has 2 aromatic rings. The smallest absolute Gasteiger partial charge is 0.251 e. The normalized spacial score (nSPS) is 15.5. The molecule has 1 aliphatic rings. The van der Waals surface area contributed by atoms with E-state index < -0.39 is 33.9 Å². The summed E-state index contributed by atoms with van der Waals surface area (Å²) in [5.74, 6) is -0.432. The summed E-state index contributed by atoms with van der Waals surface area (Å²) >= 11 is 4.25. The zero-order valence-electron chi connectivity index (χ0n) is 26.1. The van der Waals surface area contributed by atoms with Gasteiger partial charge >= 0.3 is 0 Å². The molecule has 1 fully saturated rings. The van der Waals surface area contributed by atoms with Crippen LogP contribution in [0.3, 0.4) is 0 Å². The third-order valence-electron chi connectivity index (χ3n) is 7.67. The van der Waals surface area contributed by atoms with Crippen molar-refractivity contribution < 1.29 is 22.8 Å². The number of benzene rings is 2. The van der Waals surface area contributed by atoms with Crippen molar-refractivity contribution in [1.29, 1.82) is 0 Å². The number of sulfonamides is 1. The molecule has 10 nitrogen and oxygen atoms in total. The van der Waals surface area contributed by atoms with Crippen LogP contribution in [0.15, 0.2) is 59.5 Å². The second-order valence-electron chi connectivity index (χ2n) is 11.5. The Labute approximate surface area is 266 Å². The first-order valence-corrected chi connectivity index (χ1v) is 17.2. The first kappa shape index (κ1) is 35.1. The Balaban J connectivity index is 1.83. The number of nitrogens with one attached hydrogen (secondary N) is 4. The van der Waals surface area contributed by atoms with Crippen LogP contribution in [0.2, 0.25) is 0 Å². The number of thiol groups is 1. The zero-order chi connectivity index (χ0) is 32.4. The van der Waals surface area contributed by atoms with Gasteiger partial charge in [0.15, 0.2) is 0 Å². The number of carbonyl (C=O) groups is 3. The number of anilines is 1. The van der Waals surface area contributed by atoms with E-state index in [0.717, 1.165) is 34.5 Å². The molecular weight excluding hydrogens is 599 g/mol. The molecule has 12 heteroatoms. The van der Waals surface area contributed by atoms with E-state index in [0.29, 0.717) is 31.8 Å². The maximum Gasteiger partial charge on any atom is 0.251 e. The Morgan fingerprint density at radius 3 is 2.20 bits per heavy atom. The van der Waals surface area contributed by atoms with E-state index in [4.69, 9.17) is 0 Å². The molecule has 1 saturated carbocycles. The molecule has 44 heavy (non-hydrogen) atoms. The van der Waals surface area contributed by atoms with Crippen molar-refractivity contribution >= 4 is 46.1 Å². The third-order valence-corrected chi connectivity index (χ3v) is 9.32. The zero-order valence-corrected chi connectivity index (χ0v) is 27.8. The van der Waals surface area contributed by atoms with Crippen LogP contribution < -0.4 is 25.6 Å². The summed E-state index contributed by atoms with van der Waals surface area (Å²) in [4.78, 5) is 39.7. The van der Waals surface area contributed by atoms with Gasteiger partial charge in [-0.15, -0.1) is 0 Å². The van der Waals surface area contributed by atoms with Crippen LogP contribution >= 0.6 is 12.6 Å². The topological polar surface area (TPSA) is 137 Å². The summed E-state index contributed by atoms with van der Waals surface area (Å²) in [6.45, 7) is 6.65. The summed E-state index contributed by atoms with van der Waals surface area (Å²) in [5.41, 5.74) is 2.27. The van der Waals surface area contributed by atoms with Gasteiger partial charge in [-0.2, -0.15) is 12.6 Å². The Kier molecular flexibility index (Phi) is 12.9. The highest BCUT2D eigenvalue weighted by Crippen LogP contribution is 2.27. The summed E-state index contributed by atoms with van der Waals surface area (Å²) in [7, 11) is -2.31. The molecule has 0 unspecified atom stereocenters. The fourth-order valence-corrected chi connectivity index (χ4v) is 5.23. The first-order valence-electron chi connectivity index (χ1n) is 14.9. The van der Waals surface area contributed by atoms with Crippen LogP contribution in [0.5, 0.6) is 0 Å². The molecule has 4 N–H and O–H groups in total. The summed E-state index contributed by atoms with van der Waals surface area (Å²) in [5, 5.41) is 13.9. The molecule has 0 spiro atoms. The lowest BCUT2D eigenvalue weighted by Gasteiger charge is -2.24. The maximum atomic E-state index is 13.6. The summed E-state index contributed by atoms with van der Waals surface area (Å²) in [6.07, 6.45) is 4.39. The van der Waals surface area contributed by atoms with Gasteiger partial charge in [0.2, 0.25) is 15.9 Å². The van der Waals surface area contributed by atoms with E-state index in [9.17, 15) is 22.8 Å². The van der Waals surface area contributed by atoms with Crippen molar-refractivity contribution in [3.05, 3.63) is 76.2 Å². The van der Waals surface area contributed by atoms with E-state index >= 15 is 0 Å². The average Bonchev–Trinajstić information content (AvgIpc) is 3.84. The van der Waals surface area contributed by atoms with Gasteiger partial charge in [0, 0.05) is 37.3 Å². The van der Waals surface area contributed by atoms with Gasteiger partial charge in [-0.3, -0.25) is 18.7 Å². The number of hydrogen-bond donors (Lipinski definition) is 5. The lowest BCUT2D eigenvalue weighted by atomic mass is 10.0. The fraction of sp³-hybridized carbons (Fsp3) is 0.469. The minimum Gasteiger partial charge on any atom is -0.354 e. The molecule has 2 aromatic carbocycles. The van der Waals surface area contributed by atoms with Crippen molar-refractivity contribution in [1.82, 2.24) is 21.3 Å². The largest absolute Gasteiger partial charge is 0.354 e. The molecular formula is C32H45N5O5S2. The Morgan fingerprint density at radius 2 is 1.66 bits per heavy atom. The molecule has 0 heterocycles. The number of nitrogens with zero attached hydrogens (tertiary/aromatic N) is 1. The number of hydrogen-bond acceptors (Lipinski definition) is 7. The molecule has 3 amide bonds. The van der Waals surface area contributed by atoms with Crippen LogP contribution in [0.25, 0.3) is 0 Å². The van der Waals surface area contributed by atoms with Crippen molar-refractivity contribution in [3.8, 4) is 0 Å². The van der Waals surface area contributed by atoms with Gasteiger partial charge in [-0.05, 0) is 74.6 Å². The molecule has 3 rings (SSSR count). The number of carbonyl (C=O) groups excluding carboxylic acids is 3. The number of rotatable bonds is 16. The quantitative estimate of drug-likeness (QED) is 0.177. The third kappa shape index (κ3) is 10.7. The monoisotopic (exact) mass is 643 g/mol. The van der Waals surface area contributed by atoms with Crippen LogP contribution in [-0.2, 0) is 14.8 Å². The van der Waals surface area contributed by atoms with E-state index in [1.807, 2.05) is 51.1 Å². The van der Waals surface area contributed by atoms with Crippen LogP contribution in [-0.4, -0.2) is 64.6 Å². The predicted octanol–water partition coefficient (Wildman–Crippen LogP) is 3.79. The van der Waals surface area contributed by atoms with Gasteiger partial charge in [0.05, 0.1) is 24.0 Å². The standard InChI is InChI=1S/C32H45N5O5S2/c1-6-29(32(40)34-18-23-12-13-23)33-19-27(14-21(2)20-43)36-31(39)26-15-25(16-28(17-26)37(4)44(5,41)42)30(38)35-22(3)24-10-8-7-9-11-24/h7-11,15-17,20,22-23,27,29,33,43H,6,12-14,18-19H2,1-5H3,(H,34,40)(H,35,38)(H,36,39)/b21-20+/t22-,27+,29+/m1/s1. The van der Waals surface area contributed by atoms with Gasteiger partial charge < -0.3 is 21.3 Å². The lowest BCUT2D eigenvalue weighted by molar-refractivity contribution is -0.123. The Bertz CT molecular complexity index is 1440. The SMILES string of the molecule is CC[C@H](NC[C@H](C/C(C)=C/S)NC(=O)c1cc(C(=O)N[C@H](C)c2ccccc2)cc(N(C)S(C)(=O)=O)c1)C(=O)NCC1CC1. The summed E-state index contributed by atoms with van der Waals surface area (Å²) in [6, 6.07) is 12.6. The van der Waals surface area contributed by atoms with Crippen molar-refractivity contribution in [3.63, 3.8) is 0 Å². The average molecular weight is 644 g/mol. The van der Waals surface area contributed by atoms with Crippen LogP contribution in [0, 0.1) is 5.92 Å². The Hall–Kier alpha value is -3.35. The minimum absolute atomic E-state index is 0.0668. The highest BCUT2D eigenvalue weighted by molar-refractivity contribution is 7.92. The van der Waals surface area contributed by atoms with E-state index in [1.54, 1.807) is 5.41 Å². The second kappa shape index (κ2) is 16.1. The summed E-state index contributed by atoms with van der Waals surface area (Å²) < 4.78 is 25.8. The molecule has 0 saturated heterocycles. The highest BCUT2D eigenvalue weighted by Gasteiger charge is 2.25. The van der Waals surface area contributed by atoms with Gasteiger partial charge in [-0.1, -0.05) is 42.8 Å². The van der Waals surface area contributed by atoms with E-state index in [1.165, 1.54) is 25.2 Å². The van der Waals surface area contributed by atoms with Crippen LogP contribution in [0.1, 0.15) is 78.8 Å². The number of amides is 3.